The third-order valence-corrected chi connectivity index (χ3v) is 5.99. The average molecular weight is 439 g/mol. The zero-order valence-corrected chi connectivity index (χ0v) is 18.6. The fourth-order valence-corrected chi connectivity index (χ4v) is 4.32. The molecular weight excluding hydrogens is 412 g/mol. The Morgan fingerprint density at radius 3 is 2.00 bits per heavy atom. The van der Waals surface area contributed by atoms with Gasteiger partial charge in [0.05, 0.1) is 4.90 Å². The quantitative estimate of drug-likeness (QED) is 0.571. The Labute approximate surface area is 183 Å². The van der Waals surface area contributed by atoms with E-state index in [1.54, 1.807) is 32.9 Å². The van der Waals surface area contributed by atoms with Gasteiger partial charge < -0.3 is 10.1 Å². The molecule has 0 saturated carbocycles. The highest BCUT2D eigenvalue weighted by molar-refractivity contribution is 7.89. The minimum atomic E-state index is -3.62. The highest BCUT2D eigenvalue weighted by Gasteiger charge is 2.21. The van der Waals surface area contributed by atoms with Crippen LogP contribution in [0.2, 0.25) is 0 Å². The first-order valence-electron chi connectivity index (χ1n) is 9.85. The SMILES string of the molecule is CC(C)(C)NS(=O)(=O)c1ccc(NC(=O)COc2ccc(-c3ccccc3)cc2)cc1. The van der Waals surface area contributed by atoms with Gasteiger partial charge in [0.1, 0.15) is 5.75 Å². The van der Waals surface area contributed by atoms with E-state index in [0.717, 1.165) is 11.1 Å². The van der Waals surface area contributed by atoms with E-state index < -0.39 is 15.6 Å². The Balaban J connectivity index is 1.54. The van der Waals surface area contributed by atoms with Crippen LogP contribution in [0.4, 0.5) is 5.69 Å². The number of amides is 1. The van der Waals surface area contributed by atoms with E-state index in [1.807, 2.05) is 54.6 Å². The second-order valence-corrected chi connectivity index (χ2v) is 9.79. The molecule has 0 saturated heterocycles. The van der Waals surface area contributed by atoms with Crippen LogP contribution in [-0.4, -0.2) is 26.5 Å². The van der Waals surface area contributed by atoms with Gasteiger partial charge in [-0.05, 0) is 68.3 Å². The molecule has 3 aromatic carbocycles. The normalized spacial score (nSPS) is 11.7. The standard InChI is InChI=1S/C24H26N2O4S/c1-24(2,3)26-31(28,29)22-15-11-20(12-16-22)25-23(27)17-30-21-13-9-19(10-14-21)18-7-5-4-6-8-18/h4-16,26H,17H2,1-3H3,(H,25,27). The molecule has 0 aromatic heterocycles. The fraction of sp³-hybridized carbons (Fsp3) is 0.208. The lowest BCUT2D eigenvalue weighted by atomic mass is 10.1. The maximum Gasteiger partial charge on any atom is 0.262 e. The Hall–Kier alpha value is -3.16. The molecule has 0 fully saturated rings. The number of rotatable bonds is 7. The summed E-state index contributed by atoms with van der Waals surface area (Å²) in [5, 5.41) is 2.70. The largest absolute Gasteiger partial charge is 0.484 e. The average Bonchev–Trinajstić information content (AvgIpc) is 2.72. The van der Waals surface area contributed by atoms with Crippen molar-refractivity contribution >= 4 is 21.6 Å². The number of carbonyl (C=O) groups is 1. The molecular formula is C24H26N2O4S. The van der Waals surface area contributed by atoms with Crippen LogP contribution in [0.15, 0.2) is 83.8 Å². The van der Waals surface area contributed by atoms with Crippen molar-refractivity contribution in [1.82, 2.24) is 4.72 Å². The summed E-state index contributed by atoms with van der Waals surface area (Å²) in [4.78, 5) is 12.3. The summed E-state index contributed by atoms with van der Waals surface area (Å²) in [7, 11) is -3.62. The number of anilines is 1. The van der Waals surface area contributed by atoms with Crippen LogP contribution in [0, 0.1) is 0 Å². The van der Waals surface area contributed by atoms with Crippen molar-refractivity contribution in [3.63, 3.8) is 0 Å². The Morgan fingerprint density at radius 2 is 1.42 bits per heavy atom. The summed E-state index contributed by atoms with van der Waals surface area (Å²) in [5.74, 6) is 0.250. The zero-order chi connectivity index (χ0) is 22.5. The van der Waals surface area contributed by atoms with Crippen molar-refractivity contribution in [2.24, 2.45) is 0 Å². The third-order valence-electron chi connectivity index (χ3n) is 4.22. The van der Waals surface area contributed by atoms with E-state index >= 15 is 0 Å². The van der Waals surface area contributed by atoms with Gasteiger partial charge in [-0.2, -0.15) is 0 Å². The summed E-state index contributed by atoms with van der Waals surface area (Å²) in [5.41, 5.74) is 2.08. The van der Waals surface area contributed by atoms with Gasteiger partial charge in [-0.1, -0.05) is 42.5 Å². The molecule has 2 N–H and O–H groups in total. The number of carbonyl (C=O) groups excluding carboxylic acids is 1. The van der Waals surface area contributed by atoms with Crippen LogP contribution in [-0.2, 0) is 14.8 Å². The second-order valence-electron chi connectivity index (χ2n) is 8.11. The number of hydrogen-bond acceptors (Lipinski definition) is 4. The van der Waals surface area contributed by atoms with E-state index in [-0.39, 0.29) is 17.4 Å². The monoisotopic (exact) mass is 438 g/mol. The topological polar surface area (TPSA) is 84.5 Å². The molecule has 6 nitrogen and oxygen atoms in total. The second kappa shape index (κ2) is 9.32. The van der Waals surface area contributed by atoms with Crippen molar-refractivity contribution in [2.75, 3.05) is 11.9 Å². The predicted octanol–water partition coefficient (Wildman–Crippen LogP) is 4.45. The van der Waals surface area contributed by atoms with Gasteiger partial charge in [0, 0.05) is 11.2 Å². The maximum absolute atomic E-state index is 12.3. The molecule has 0 atom stereocenters. The lowest BCUT2D eigenvalue weighted by Crippen LogP contribution is -2.40. The molecule has 0 bridgehead atoms. The molecule has 7 heteroatoms. The molecule has 3 rings (SSSR count). The number of hydrogen-bond donors (Lipinski definition) is 2. The van der Waals surface area contributed by atoms with Crippen molar-refractivity contribution in [1.29, 1.82) is 0 Å². The molecule has 3 aromatic rings. The molecule has 0 aliphatic heterocycles. The predicted molar refractivity (Wildman–Crippen MR) is 123 cm³/mol. The first-order chi connectivity index (χ1) is 14.6. The van der Waals surface area contributed by atoms with Crippen molar-refractivity contribution < 1.29 is 17.9 Å². The number of nitrogens with one attached hydrogen (secondary N) is 2. The van der Waals surface area contributed by atoms with E-state index in [2.05, 4.69) is 10.0 Å². The van der Waals surface area contributed by atoms with Crippen LogP contribution in [0.3, 0.4) is 0 Å². The lowest BCUT2D eigenvalue weighted by Gasteiger charge is -2.20. The molecule has 31 heavy (non-hydrogen) atoms. The van der Waals surface area contributed by atoms with Gasteiger partial charge in [-0.15, -0.1) is 0 Å². The summed E-state index contributed by atoms with van der Waals surface area (Å²) in [6.45, 7) is 5.16. The van der Waals surface area contributed by atoms with Crippen LogP contribution in [0.1, 0.15) is 20.8 Å². The highest BCUT2D eigenvalue weighted by atomic mass is 32.2. The Bertz CT molecular complexity index is 1120. The van der Waals surface area contributed by atoms with Crippen LogP contribution in [0.5, 0.6) is 5.75 Å². The summed E-state index contributed by atoms with van der Waals surface area (Å²) < 4.78 is 32.8. The van der Waals surface area contributed by atoms with Gasteiger partial charge in [0.2, 0.25) is 10.0 Å². The van der Waals surface area contributed by atoms with E-state index in [1.165, 1.54) is 12.1 Å². The van der Waals surface area contributed by atoms with Crippen LogP contribution in [0.25, 0.3) is 11.1 Å². The molecule has 0 radical (unpaired) electrons. The van der Waals surface area contributed by atoms with Gasteiger partial charge in [-0.25, -0.2) is 13.1 Å². The van der Waals surface area contributed by atoms with E-state index in [0.29, 0.717) is 11.4 Å². The maximum atomic E-state index is 12.3. The summed E-state index contributed by atoms with van der Waals surface area (Å²) >= 11 is 0. The molecule has 0 spiro atoms. The minimum absolute atomic E-state index is 0.134. The van der Waals surface area contributed by atoms with E-state index in [9.17, 15) is 13.2 Å². The zero-order valence-electron chi connectivity index (χ0n) is 17.8. The fourth-order valence-electron chi connectivity index (χ4n) is 2.90. The van der Waals surface area contributed by atoms with Gasteiger partial charge >= 0.3 is 0 Å². The molecule has 162 valence electrons. The first-order valence-corrected chi connectivity index (χ1v) is 11.3. The molecule has 0 aliphatic rings. The summed E-state index contributed by atoms with van der Waals surface area (Å²) in [6, 6.07) is 23.5. The molecule has 1 amide bonds. The van der Waals surface area contributed by atoms with Crippen LogP contribution >= 0.6 is 0 Å². The van der Waals surface area contributed by atoms with Crippen molar-refractivity contribution in [3.05, 3.63) is 78.9 Å². The Kier molecular flexibility index (Phi) is 6.77. The highest BCUT2D eigenvalue weighted by Crippen LogP contribution is 2.22. The molecule has 0 aliphatic carbocycles. The van der Waals surface area contributed by atoms with Crippen molar-refractivity contribution in [2.45, 2.75) is 31.2 Å². The minimum Gasteiger partial charge on any atom is -0.484 e. The van der Waals surface area contributed by atoms with Gasteiger partial charge in [-0.3, -0.25) is 4.79 Å². The van der Waals surface area contributed by atoms with Gasteiger partial charge in [0.25, 0.3) is 5.91 Å². The smallest absolute Gasteiger partial charge is 0.262 e. The van der Waals surface area contributed by atoms with Crippen LogP contribution < -0.4 is 14.8 Å². The van der Waals surface area contributed by atoms with Crippen molar-refractivity contribution in [3.8, 4) is 16.9 Å². The number of ether oxygens (including phenoxy) is 1. The first kappa shape index (κ1) is 22.5. The third kappa shape index (κ3) is 6.67. The lowest BCUT2D eigenvalue weighted by molar-refractivity contribution is -0.118. The number of benzene rings is 3. The van der Waals surface area contributed by atoms with E-state index in [4.69, 9.17) is 4.74 Å². The molecule has 0 unspecified atom stereocenters. The van der Waals surface area contributed by atoms with Gasteiger partial charge in [0.15, 0.2) is 6.61 Å². The number of sulfonamides is 1. The summed E-state index contributed by atoms with van der Waals surface area (Å²) in [6.07, 6.45) is 0. The molecule has 0 heterocycles. The Morgan fingerprint density at radius 1 is 0.839 bits per heavy atom.